The minimum Gasteiger partial charge on any atom is -1.00 e. The molecule has 0 heterocycles. The van der Waals surface area contributed by atoms with Crippen LogP contribution in [0.3, 0.4) is 0 Å². The van der Waals surface area contributed by atoms with Crippen molar-refractivity contribution >= 4 is 15.4 Å². The molecule has 2 aromatic rings. The molecular formula is C23H28Cl2NOSiZr. The van der Waals surface area contributed by atoms with Crippen molar-refractivity contribution in [1.82, 2.24) is 0 Å². The van der Waals surface area contributed by atoms with Gasteiger partial charge in [0.25, 0.3) is 0 Å². The molecule has 2 bridgehead atoms. The average molecular weight is 525 g/mol. The second-order valence-electron chi connectivity index (χ2n) is 7.62. The normalized spacial score (nSPS) is 21.4. The van der Waals surface area contributed by atoms with Crippen LogP contribution in [-0.4, -0.2) is 15.4 Å². The van der Waals surface area contributed by atoms with Gasteiger partial charge in [-0.25, -0.2) is 0 Å². The molecule has 6 heteroatoms. The van der Waals surface area contributed by atoms with Gasteiger partial charge in [0.1, 0.15) is 0 Å². The van der Waals surface area contributed by atoms with Crippen molar-refractivity contribution in [2.24, 2.45) is 17.8 Å². The number of hydrogen-bond donors (Lipinski definition) is 0. The Bertz CT molecular complexity index is 731. The molecule has 3 aliphatic rings. The van der Waals surface area contributed by atoms with Gasteiger partial charge in [0.15, 0.2) is 0 Å². The first-order chi connectivity index (χ1) is 12.6. The van der Waals surface area contributed by atoms with E-state index in [4.69, 9.17) is 5.73 Å². The van der Waals surface area contributed by atoms with E-state index in [-0.39, 0.29) is 62.8 Å². The number of benzene rings is 2. The summed E-state index contributed by atoms with van der Waals surface area (Å²) in [7, 11) is 0.750. The third kappa shape index (κ3) is 7.06. The Balaban J connectivity index is 0.000000446. The summed E-state index contributed by atoms with van der Waals surface area (Å²) in [5.74, 6) is 1.20. The first-order valence-corrected chi connectivity index (χ1v) is 12.0. The van der Waals surface area contributed by atoms with E-state index >= 15 is 0 Å². The van der Waals surface area contributed by atoms with Gasteiger partial charge < -0.3 is 35.3 Å². The summed E-state index contributed by atoms with van der Waals surface area (Å²) >= 11 is 0. The van der Waals surface area contributed by atoms with Crippen molar-refractivity contribution in [2.45, 2.75) is 45.2 Å². The monoisotopic (exact) mass is 522 g/mol. The van der Waals surface area contributed by atoms with E-state index in [0.29, 0.717) is 5.92 Å². The van der Waals surface area contributed by atoms with Gasteiger partial charge in [-0.05, 0) is 37.5 Å². The van der Waals surface area contributed by atoms with Crippen LogP contribution in [0.5, 0.6) is 0 Å². The molecule has 2 nitrogen and oxygen atoms in total. The number of carbonyl (C=O) groups is 1. The van der Waals surface area contributed by atoms with E-state index in [1.54, 1.807) is 0 Å². The zero-order valence-corrected chi connectivity index (χ0v) is 22.2. The van der Waals surface area contributed by atoms with Crippen LogP contribution in [0.25, 0.3) is 16.9 Å². The average Bonchev–Trinajstić information content (AvgIpc) is 3.36. The van der Waals surface area contributed by atoms with Crippen LogP contribution in [0.15, 0.2) is 42.5 Å². The van der Waals surface area contributed by atoms with E-state index in [0.717, 1.165) is 28.3 Å². The summed E-state index contributed by atoms with van der Waals surface area (Å²) in [5.41, 5.74) is 12.5. The van der Waals surface area contributed by atoms with Gasteiger partial charge in [0.05, 0.1) is 5.91 Å². The Kier molecular flexibility index (Phi) is 13.6. The number of amides is 1. The molecular weight excluding hydrogens is 496 g/mol. The fraction of sp³-hybridized carbons (Fsp3) is 0.435. The van der Waals surface area contributed by atoms with Gasteiger partial charge in [0.2, 0.25) is 0 Å². The van der Waals surface area contributed by atoms with E-state index in [2.05, 4.69) is 55.6 Å². The van der Waals surface area contributed by atoms with Crippen LogP contribution >= 0.6 is 0 Å². The molecule has 29 heavy (non-hydrogen) atoms. The maximum absolute atomic E-state index is 10.7. The molecule has 1 radical (unpaired) electrons. The van der Waals surface area contributed by atoms with Crippen molar-refractivity contribution in [3.05, 3.63) is 65.4 Å². The molecule has 3 unspecified atom stereocenters. The molecule has 0 spiro atoms. The Hall–Kier alpha value is -0.410. The molecule has 3 atom stereocenters. The molecule has 153 valence electrons. The summed E-state index contributed by atoms with van der Waals surface area (Å²) in [6.45, 7) is 4.42. The van der Waals surface area contributed by atoms with Crippen molar-refractivity contribution in [3.63, 3.8) is 0 Å². The number of rotatable bonds is 1. The van der Waals surface area contributed by atoms with E-state index < -0.39 is 0 Å². The Morgan fingerprint density at radius 3 is 2.24 bits per heavy atom. The molecule has 1 N–H and O–H groups in total. The summed E-state index contributed by atoms with van der Waals surface area (Å²) in [4.78, 5) is 10.7. The standard InChI is InChI=1S/C13H9.C8H13NO.C2H7Si.2ClH.Zr/c1-3-7-12-10(5-1)9-11-6-2-4-8-13(11)12;9-8(10)7-4-5-1-2-6(7)3-5;1-3-2;;;/h1-5,7-8H,9H2;5-7H,1-4H2,(H2,9,10);3H,1-2H3;2*1H;/q-1;;;;;+4/p-3. The quantitative estimate of drug-likeness (QED) is 0.315. The van der Waals surface area contributed by atoms with Crippen molar-refractivity contribution < 1.29 is 55.8 Å². The third-order valence-electron chi connectivity index (χ3n) is 5.69. The van der Waals surface area contributed by atoms with Crippen LogP contribution in [0.4, 0.5) is 0 Å². The smallest absolute Gasteiger partial charge is 1.00 e. The fourth-order valence-corrected chi connectivity index (χ4v) is 4.56. The predicted molar refractivity (Wildman–Crippen MR) is 111 cm³/mol. The molecule has 2 fully saturated rings. The Morgan fingerprint density at radius 2 is 1.69 bits per heavy atom. The first-order valence-electron chi connectivity index (χ1n) is 9.71. The Labute approximate surface area is 209 Å². The van der Waals surface area contributed by atoms with Gasteiger partial charge in [-0.3, -0.25) is 0 Å². The zero-order chi connectivity index (χ0) is 18.5. The molecule has 0 aliphatic heterocycles. The van der Waals surface area contributed by atoms with E-state index in [1.807, 2.05) is 6.07 Å². The van der Waals surface area contributed by atoms with E-state index in [1.165, 1.54) is 41.5 Å². The first kappa shape index (κ1) is 28.6. The van der Waals surface area contributed by atoms with Crippen molar-refractivity contribution in [1.29, 1.82) is 0 Å². The van der Waals surface area contributed by atoms with Crippen LogP contribution < -0.4 is 24.8 Å². The third-order valence-corrected chi connectivity index (χ3v) is 5.69. The maximum Gasteiger partial charge on any atom is 4.00 e. The van der Waals surface area contributed by atoms with Gasteiger partial charge in [0, 0.05) is 15.4 Å². The fourth-order valence-electron chi connectivity index (χ4n) is 4.56. The van der Waals surface area contributed by atoms with Crippen LogP contribution in [0.2, 0.25) is 13.1 Å². The topological polar surface area (TPSA) is 40.9 Å². The summed E-state index contributed by atoms with van der Waals surface area (Å²) in [6.07, 6.45) is 5.82. The van der Waals surface area contributed by atoms with Gasteiger partial charge >= 0.3 is 26.2 Å². The number of nitrogens with one attached hydrogen (secondary N) is 1. The van der Waals surface area contributed by atoms with Crippen LogP contribution in [0, 0.1) is 23.8 Å². The van der Waals surface area contributed by atoms with Crippen LogP contribution in [0.1, 0.15) is 36.8 Å². The number of hydrogen-bond acceptors (Lipinski definition) is 1. The summed E-state index contributed by atoms with van der Waals surface area (Å²) in [5, 5.41) is 0. The van der Waals surface area contributed by atoms with Crippen molar-refractivity contribution in [3.8, 4) is 11.1 Å². The molecule has 2 aromatic carbocycles. The SMILES string of the molecule is C[SiH]C.[Cl-].[Cl-].[NH-]C(=O)C1CC2CCC1C2.[Zr+4].[c-]1cccc2c1Cc1ccccc1-2. The number of carbonyl (C=O) groups excluding carboxylic acids is 1. The molecule has 5 rings (SSSR count). The van der Waals surface area contributed by atoms with Gasteiger partial charge in [-0.15, -0.1) is 5.56 Å². The second-order valence-corrected chi connectivity index (χ2v) is 8.77. The van der Waals surface area contributed by atoms with Gasteiger partial charge in [-0.1, -0.05) is 54.9 Å². The number of fused-ring (bicyclic) bond motifs is 5. The molecule has 2 saturated carbocycles. The maximum atomic E-state index is 10.7. The minimum absolute atomic E-state index is 0. The summed E-state index contributed by atoms with van der Waals surface area (Å²) < 4.78 is 0. The van der Waals surface area contributed by atoms with Crippen LogP contribution in [-0.2, 0) is 37.4 Å². The largest absolute Gasteiger partial charge is 4.00 e. The predicted octanol–water partition coefficient (Wildman–Crippen LogP) is -0.416. The zero-order valence-electron chi connectivity index (χ0n) is 17.1. The number of halogens is 2. The second kappa shape index (κ2) is 13.8. The minimum atomic E-state index is -0.313. The van der Waals surface area contributed by atoms with E-state index in [9.17, 15) is 4.79 Å². The Morgan fingerprint density at radius 1 is 1.03 bits per heavy atom. The molecule has 3 aliphatic carbocycles. The molecule has 0 saturated heterocycles. The molecule has 0 aromatic heterocycles. The molecule has 1 amide bonds. The van der Waals surface area contributed by atoms with Gasteiger partial charge in [-0.2, -0.15) is 29.8 Å². The summed E-state index contributed by atoms with van der Waals surface area (Å²) in [6, 6.07) is 18.1. The van der Waals surface area contributed by atoms with Crippen molar-refractivity contribution in [2.75, 3.05) is 0 Å².